The lowest BCUT2D eigenvalue weighted by Crippen LogP contribution is -2.32. The van der Waals surface area contributed by atoms with Gasteiger partial charge in [-0.25, -0.2) is 0 Å². The topological polar surface area (TPSA) is 55.5 Å². The predicted molar refractivity (Wildman–Crippen MR) is 52.5 cm³/mol. The van der Waals surface area contributed by atoms with Gasteiger partial charge in [-0.05, 0) is 38.5 Å². The normalized spacial score (nSPS) is 29.1. The zero-order valence-electron chi connectivity index (χ0n) is 8.24. The van der Waals surface area contributed by atoms with Crippen LogP contribution in [-0.4, -0.2) is 30.5 Å². The Morgan fingerprint density at radius 3 is 2.85 bits per heavy atom. The maximum atomic E-state index is 8.57. The van der Waals surface area contributed by atoms with Gasteiger partial charge >= 0.3 is 0 Å². The second-order valence-corrected chi connectivity index (χ2v) is 3.85. The number of nitrogens with two attached hydrogens (primary N) is 1. The summed E-state index contributed by atoms with van der Waals surface area (Å²) < 4.78 is 5.66. The summed E-state index contributed by atoms with van der Waals surface area (Å²) >= 11 is 0. The molecule has 1 aliphatic rings. The molecule has 2 unspecified atom stereocenters. The molecule has 78 valence electrons. The van der Waals surface area contributed by atoms with E-state index in [2.05, 4.69) is 0 Å². The molecular formula is C10H21NO2. The van der Waals surface area contributed by atoms with E-state index in [-0.39, 0.29) is 6.61 Å². The number of hydrogen-bond donors (Lipinski definition) is 2. The third-order valence-corrected chi connectivity index (χ3v) is 2.57. The van der Waals surface area contributed by atoms with Crippen molar-refractivity contribution in [2.24, 2.45) is 5.73 Å². The van der Waals surface area contributed by atoms with Gasteiger partial charge in [0.05, 0.1) is 6.10 Å². The first kappa shape index (κ1) is 11.0. The van der Waals surface area contributed by atoms with E-state index in [0.717, 1.165) is 38.7 Å². The minimum Gasteiger partial charge on any atom is -0.396 e. The molecule has 0 radical (unpaired) electrons. The fraction of sp³-hybridized carbons (Fsp3) is 1.00. The third kappa shape index (κ3) is 4.60. The van der Waals surface area contributed by atoms with Gasteiger partial charge in [-0.15, -0.1) is 0 Å². The van der Waals surface area contributed by atoms with Crippen molar-refractivity contribution in [3.05, 3.63) is 0 Å². The lowest BCUT2D eigenvalue weighted by atomic mass is 9.93. The van der Waals surface area contributed by atoms with Crippen molar-refractivity contribution in [2.75, 3.05) is 13.2 Å². The van der Waals surface area contributed by atoms with Crippen LogP contribution in [0.1, 0.15) is 38.5 Å². The highest BCUT2D eigenvalue weighted by Crippen LogP contribution is 2.19. The molecule has 1 saturated carbocycles. The van der Waals surface area contributed by atoms with Gasteiger partial charge in [0.25, 0.3) is 0 Å². The molecule has 0 saturated heterocycles. The van der Waals surface area contributed by atoms with Crippen molar-refractivity contribution in [1.29, 1.82) is 0 Å². The molecule has 13 heavy (non-hydrogen) atoms. The van der Waals surface area contributed by atoms with Crippen molar-refractivity contribution >= 4 is 0 Å². The Bertz CT molecular complexity index is 130. The summed E-state index contributed by atoms with van der Waals surface area (Å²) in [6.45, 7) is 1.05. The van der Waals surface area contributed by atoms with E-state index < -0.39 is 0 Å². The minimum atomic E-state index is 0.271. The quantitative estimate of drug-likeness (QED) is 0.632. The number of hydrogen-bond acceptors (Lipinski definition) is 3. The largest absolute Gasteiger partial charge is 0.396 e. The number of aliphatic hydroxyl groups excluding tert-OH is 1. The molecular weight excluding hydrogens is 166 g/mol. The number of aliphatic hydroxyl groups is 1. The Hall–Kier alpha value is -0.120. The van der Waals surface area contributed by atoms with Crippen LogP contribution in [-0.2, 0) is 4.74 Å². The Labute approximate surface area is 80.3 Å². The molecule has 1 fully saturated rings. The molecule has 0 aromatic carbocycles. The molecule has 3 nitrogen and oxygen atoms in total. The summed E-state index contributed by atoms with van der Waals surface area (Å²) in [6.07, 6.45) is 6.71. The molecule has 0 aromatic rings. The molecule has 0 bridgehead atoms. The minimum absolute atomic E-state index is 0.271. The maximum absolute atomic E-state index is 8.57. The zero-order chi connectivity index (χ0) is 9.52. The van der Waals surface area contributed by atoms with Gasteiger partial charge in [0, 0.05) is 19.3 Å². The lowest BCUT2D eigenvalue weighted by molar-refractivity contribution is 0.0202. The van der Waals surface area contributed by atoms with Gasteiger partial charge in [0.15, 0.2) is 0 Å². The first-order valence-electron chi connectivity index (χ1n) is 5.31. The average Bonchev–Trinajstić information content (AvgIpc) is 2.13. The average molecular weight is 187 g/mol. The highest BCUT2D eigenvalue weighted by molar-refractivity contribution is 4.75. The monoisotopic (exact) mass is 187 g/mol. The Kier molecular flexibility index (Phi) is 5.35. The highest BCUT2D eigenvalue weighted by atomic mass is 16.5. The highest BCUT2D eigenvalue weighted by Gasteiger charge is 2.18. The van der Waals surface area contributed by atoms with Crippen LogP contribution in [0.5, 0.6) is 0 Å². The van der Waals surface area contributed by atoms with Crippen LogP contribution in [0.3, 0.4) is 0 Å². The third-order valence-electron chi connectivity index (χ3n) is 2.57. The molecule has 1 rings (SSSR count). The molecule has 0 aromatic heterocycles. The van der Waals surface area contributed by atoms with Crippen LogP contribution in [0.4, 0.5) is 0 Å². The van der Waals surface area contributed by atoms with Gasteiger partial charge in [-0.3, -0.25) is 0 Å². The van der Waals surface area contributed by atoms with Crippen molar-refractivity contribution in [3.8, 4) is 0 Å². The lowest BCUT2D eigenvalue weighted by Gasteiger charge is -2.26. The van der Waals surface area contributed by atoms with Crippen molar-refractivity contribution in [3.63, 3.8) is 0 Å². The summed E-state index contributed by atoms with van der Waals surface area (Å²) in [5.74, 6) is 0. The van der Waals surface area contributed by atoms with Crippen LogP contribution < -0.4 is 5.73 Å². The van der Waals surface area contributed by atoms with Gasteiger partial charge in [-0.1, -0.05) is 0 Å². The van der Waals surface area contributed by atoms with Gasteiger partial charge in [-0.2, -0.15) is 0 Å². The first-order chi connectivity index (χ1) is 6.33. The van der Waals surface area contributed by atoms with Crippen molar-refractivity contribution < 1.29 is 9.84 Å². The fourth-order valence-electron chi connectivity index (χ4n) is 1.80. The smallest absolute Gasteiger partial charge is 0.0589 e. The van der Waals surface area contributed by atoms with E-state index in [1.807, 2.05) is 0 Å². The van der Waals surface area contributed by atoms with Gasteiger partial charge in [0.1, 0.15) is 0 Å². The molecule has 1 aliphatic carbocycles. The zero-order valence-corrected chi connectivity index (χ0v) is 8.24. The predicted octanol–water partition coefficient (Wildman–Crippen LogP) is 1.05. The van der Waals surface area contributed by atoms with E-state index in [4.69, 9.17) is 15.6 Å². The van der Waals surface area contributed by atoms with Crippen LogP contribution in [0.15, 0.2) is 0 Å². The second kappa shape index (κ2) is 6.35. The Balaban J connectivity index is 2.00. The number of rotatable bonds is 5. The van der Waals surface area contributed by atoms with Crippen LogP contribution in [0.2, 0.25) is 0 Å². The van der Waals surface area contributed by atoms with Crippen LogP contribution >= 0.6 is 0 Å². The fourth-order valence-corrected chi connectivity index (χ4v) is 1.80. The Morgan fingerprint density at radius 1 is 1.31 bits per heavy atom. The molecule has 0 spiro atoms. The van der Waals surface area contributed by atoms with Gasteiger partial charge < -0.3 is 15.6 Å². The standard InChI is InChI=1S/C10H21NO2/c11-9-4-3-5-10(8-9)13-7-2-1-6-12/h9-10,12H,1-8,11H2. The maximum Gasteiger partial charge on any atom is 0.0589 e. The number of unbranched alkanes of at least 4 members (excludes halogenated alkanes) is 1. The summed E-state index contributed by atoms with van der Waals surface area (Å²) in [5.41, 5.74) is 5.84. The first-order valence-corrected chi connectivity index (χ1v) is 5.31. The van der Waals surface area contributed by atoms with E-state index in [0.29, 0.717) is 12.1 Å². The molecule has 2 atom stereocenters. The summed E-state index contributed by atoms with van der Waals surface area (Å²) in [5, 5.41) is 8.57. The summed E-state index contributed by atoms with van der Waals surface area (Å²) in [7, 11) is 0. The molecule has 0 aliphatic heterocycles. The number of ether oxygens (including phenoxy) is 1. The van der Waals surface area contributed by atoms with E-state index in [1.165, 1.54) is 6.42 Å². The molecule has 0 amide bonds. The molecule has 3 heteroatoms. The van der Waals surface area contributed by atoms with E-state index in [1.54, 1.807) is 0 Å². The summed E-state index contributed by atoms with van der Waals surface area (Å²) in [6, 6.07) is 0.344. The SMILES string of the molecule is NC1CCCC(OCCCCO)C1. The van der Waals surface area contributed by atoms with E-state index >= 15 is 0 Å². The van der Waals surface area contributed by atoms with Gasteiger partial charge in [0.2, 0.25) is 0 Å². The Morgan fingerprint density at radius 2 is 2.15 bits per heavy atom. The van der Waals surface area contributed by atoms with Crippen molar-refractivity contribution in [2.45, 2.75) is 50.7 Å². The van der Waals surface area contributed by atoms with Crippen LogP contribution in [0.25, 0.3) is 0 Å². The summed E-state index contributed by atoms with van der Waals surface area (Å²) in [4.78, 5) is 0. The van der Waals surface area contributed by atoms with Crippen molar-refractivity contribution in [1.82, 2.24) is 0 Å². The molecule has 3 N–H and O–H groups in total. The van der Waals surface area contributed by atoms with Crippen LogP contribution in [0, 0.1) is 0 Å². The molecule has 0 heterocycles. The second-order valence-electron chi connectivity index (χ2n) is 3.85. The van der Waals surface area contributed by atoms with E-state index in [9.17, 15) is 0 Å².